The van der Waals surface area contributed by atoms with Crippen molar-refractivity contribution in [3.05, 3.63) is 35.6 Å². The maximum atomic E-state index is 12.9. The van der Waals surface area contributed by atoms with Crippen LogP contribution in [0.25, 0.3) is 0 Å². The standard InChI is InChI=1S/C17H24FN3.HI/c1-19-16(20-12-14-4-6-15(18)7-5-14)21-11-10-17(13-21)8-2-3-9-17;/h4-7H,2-3,8-13H2,1H3,(H,19,20);1H. The Labute approximate surface area is 149 Å². The summed E-state index contributed by atoms with van der Waals surface area (Å²) in [6.07, 6.45) is 6.81. The van der Waals surface area contributed by atoms with E-state index in [1.54, 1.807) is 0 Å². The van der Waals surface area contributed by atoms with Crippen LogP contribution in [0.15, 0.2) is 29.3 Å². The number of nitrogens with zero attached hydrogens (tertiary/aromatic N) is 2. The molecule has 1 heterocycles. The predicted molar refractivity (Wildman–Crippen MR) is 99.1 cm³/mol. The maximum absolute atomic E-state index is 12.9. The lowest BCUT2D eigenvalue weighted by atomic mass is 9.86. The summed E-state index contributed by atoms with van der Waals surface area (Å²) in [5, 5.41) is 3.41. The van der Waals surface area contributed by atoms with E-state index < -0.39 is 0 Å². The van der Waals surface area contributed by atoms with Crippen molar-refractivity contribution in [2.45, 2.75) is 38.6 Å². The van der Waals surface area contributed by atoms with Crippen LogP contribution in [0.4, 0.5) is 4.39 Å². The molecule has 0 amide bonds. The normalized spacial score (nSPS) is 20.3. The highest BCUT2D eigenvalue weighted by Crippen LogP contribution is 2.45. The van der Waals surface area contributed by atoms with E-state index in [2.05, 4.69) is 15.2 Å². The number of halogens is 2. The molecular weight excluding hydrogens is 392 g/mol. The molecule has 0 radical (unpaired) electrons. The minimum Gasteiger partial charge on any atom is -0.352 e. The lowest BCUT2D eigenvalue weighted by molar-refractivity contribution is 0.309. The summed E-state index contributed by atoms with van der Waals surface area (Å²) < 4.78 is 12.9. The maximum Gasteiger partial charge on any atom is 0.193 e. The highest BCUT2D eigenvalue weighted by Gasteiger charge is 2.40. The van der Waals surface area contributed by atoms with Crippen molar-refractivity contribution >= 4 is 29.9 Å². The molecule has 1 saturated heterocycles. The Morgan fingerprint density at radius 3 is 2.55 bits per heavy atom. The van der Waals surface area contributed by atoms with Gasteiger partial charge in [-0.3, -0.25) is 4.99 Å². The van der Waals surface area contributed by atoms with E-state index in [0.29, 0.717) is 12.0 Å². The molecule has 3 rings (SSSR count). The third-order valence-electron chi connectivity index (χ3n) is 4.98. The van der Waals surface area contributed by atoms with Gasteiger partial charge in [0.25, 0.3) is 0 Å². The lowest BCUT2D eigenvalue weighted by Gasteiger charge is -2.26. The molecule has 2 fully saturated rings. The van der Waals surface area contributed by atoms with Crippen molar-refractivity contribution in [1.82, 2.24) is 10.2 Å². The molecule has 1 aromatic carbocycles. The van der Waals surface area contributed by atoms with Gasteiger partial charge in [0.1, 0.15) is 5.82 Å². The first-order chi connectivity index (χ1) is 10.2. The topological polar surface area (TPSA) is 27.6 Å². The fourth-order valence-corrected chi connectivity index (χ4v) is 3.76. The van der Waals surface area contributed by atoms with Gasteiger partial charge in [-0.15, -0.1) is 24.0 Å². The average Bonchev–Trinajstić information content (AvgIpc) is 3.13. The smallest absolute Gasteiger partial charge is 0.193 e. The number of benzene rings is 1. The Morgan fingerprint density at radius 1 is 1.23 bits per heavy atom. The van der Waals surface area contributed by atoms with Crippen molar-refractivity contribution in [2.24, 2.45) is 10.4 Å². The number of likely N-dealkylation sites (tertiary alicyclic amines) is 1. The number of nitrogens with one attached hydrogen (secondary N) is 1. The van der Waals surface area contributed by atoms with E-state index in [1.807, 2.05) is 19.2 Å². The minimum absolute atomic E-state index is 0. The zero-order chi connectivity index (χ0) is 14.7. The van der Waals surface area contributed by atoms with Gasteiger partial charge in [0.05, 0.1) is 0 Å². The predicted octanol–water partition coefficient (Wildman–Crippen LogP) is 3.79. The van der Waals surface area contributed by atoms with Gasteiger partial charge in [-0.2, -0.15) is 0 Å². The fourth-order valence-electron chi connectivity index (χ4n) is 3.76. The van der Waals surface area contributed by atoms with Gasteiger partial charge in [-0.05, 0) is 42.4 Å². The Bertz CT molecular complexity index is 509. The summed E-state index contributed by atoms with van der Waals surface area (Å²) in [5.41, 5.74) is 1.63. The number of hydrogen-bond acceptors (Lipinski definition) is 1. The van der Waals surface area contributed by atoms with E-state index in [0.717, 1.165) is 24.6 Å². The van der Waals surface area contributed by atoms with Gasteiger partial charge in [0.2, 0.25) is 0 Å². The van der Waals surface area contributed by atoms with Gasteiger partial charge < -0.3 is 10.2 Å². The third kappa shape index (κ3) is 3.91. The zero-order valence-electron chi connectivity index (χ0n) is 13.1. The molecule has 5 heteroatoms. The molecule has 22 heavy (non-hydrogen) atoms. The summed E-state index contributed by atoms with van der Waals surface area (Å²) in [4.78, 5) is 6.80. The SMILES string of the molecule is CN=C(NCc1ccc(F)cc1)N1CCC2(CCCC2)C1.I. The van der Waals surface area contributed by atoms with Crippen LogP contribution in [-0.2, 0) is 6.54 Å². The molecule has 1 aliphatic carbocycles. The van der Waals surface area contributed by atoms with Crippen LogP contribution in [0, 0.1) is 11.2 Å². The van der Waals surface area contributed by atoms with Crippen LogP contribution in [0.2, 0.25) is 0 Å². The van der Waals surface area contributed by atoms with Crippen LogP contribution < -0.4 is 5.32 Å². The number of rotatable bonds is 2. The number of guanidine groups is 1. The molecule has 1 aliphatic heterocycles. The number of aliphatic imine (C=N–C) groups is 1. The quantitative estimate of drug-likeness (QED) is 0.451. The van der Waals surface area contributed by atoms with E-state index in [-0.39, 0.29) is 29.8 Å². The molecule has 0 atom stereocenters. The third-order valence-corrected chi connectivity index (χ3v) is 4.98. The molecule has 3 nitrogen and oxygen atoms in total. The second-order valence-electron chi connectivity index (χ2n) is 6.41. The molecule has 0 bridgehead atoms. The van der Waals surface area contributed by atoms with Gasteiger partial charge in [0, 0.05) is 26.7 Å². The van der Waals surface area contributed by atoms with Crippen molar-refractivity contribution in [3.63, 3.8) is 0 Å². The Morgan fingerprint density at radius 2 is 1.91 bits per heavy atom. The molecule has 1 saturated carbocycles. The highest BCUT2D eigenvalue weighted by molar-refractivity contribution is 14.0. The van der Waals surface area contributed by atoms with Crippen LogP contribution in [-0.4, -0.2) is 31.0 Å². The van der Waals surface area contributed by atoms with E-state index in [4.69, 9.17) is 0 Å². The van der Waals surface area contributed by atoms with Crippen LogP contribution in [0.3, 0.4) is 0 Å². The summed E-state index contributed by atoms with van der Waals surface area (Å²) in [7, 11) is 1.84. The second kappa shape index (κ2) is 7.62. The molecule has 1 N–H and O–H groups in total. The first kappa shape index (κ1) is 17.5. The molecule has 1 spiro atoms. The summed E-state index contributed by atoms with van der Waals surface area (Å²) in [6.45, 7) is 2.93. The molecule has 0 unspecified atom stereocenters. The van der Waals surface area contributed by atoms with Crippen LogP contribution in [0.1, 0.15) is 37.7 Å². The van der Waals surface area contributed by atoms with Crippen LogP contribution in [0.5, 0.6) is 0 Å². The van der Waals surface area contributed by atoms with Crippen molar-refractivity contribution in [1.29, 1.82) is 0 Å². The molecule has 0 aromatic heterocycles. The monoisotopic (exact) mass is 417 g/mol. The van der Waals surface area contributed by atoms with E-state index >= 15 is 0 Å². The fraction of sp³-hybridized carbons (Fsp3) is 0.588. The first-order valence-electron chi connectivity index (χ1n) is 7.91. The van der Waals surface area contributed by atoms with Crippen LogP contribution >= 0.6 is 24.0 Å². The first-order valence-corrected chi connectivity index (χ1v) is 7.91. The van der Waals surface area contributed by atoms with Gasteiger partial charge in [-0.1, -0.05) is 25.0 Å². The summed E-state index contributed by atoms with van der Waals surface area (Å²) >= 11 is 0. The van der Waals surface area contributed by atoms with Gasteiger partial charge in [-0.25, -0.2) is 4.39 Å². The van der Waals surface area contributed by atoms with Crippen molar-refractivity contribution in [2.75, 3.05) is 20.1 Å². The minimum atomic E-state index is -0.189. The molecule has 1 aromatic rings. The van der Waals surface area contributed by atoms with Gasteiger partial charge in [0.15, 0.2) is 5.96 Å². The lowest BCUT2D eigenvalue weighted by Crippen LogP contribution is -2.40. The Balaban J connectivity index is 0.00000176. The zero-order valence-corrected chi connectivity index (χ0v) is 15.5. The second-order valence-corrected chi connectivity index (χ2v) is 6.41. The molecule has 2 aliphatic rings. The molecular formula is C17H25FIN3. The van der Waals surface area contributed by atoms with E-state index in [9.17, 15) is 4.39 Å². The van der Waals surface area contributed by atoms with Crippen molar-refractivity contribution in [3.8, 4) is 0 Å². The Hall–Kier alpha value is -0.850. The summed E-state index contributed by atoms with van der Waals surface area (Å²) in [6, 6.07) is 6.64. The highest BCUT2D eigenvalue weighted by atomic mass is 127. The average molecular weight is 417 g/mol. The largest absolute Gasteiger partial charge is 0.352 e. The Kier molecular flexibility index (Phi) is 6.06. The summed E-state index contributed by atoms with van der Waals surface area (Å²) in [5.74, 6) is 0.786. The van der Waals surface area contributed by atoms with E-state index in [1.165, 1.54) is 44.2 Å². The molecule has 122 valence electrons. The van der Waals surface area contributed by atoms with Crippen molar-refractivity contribution < 1.29 is 4.39 Å². The number of hydrogen-bond donors (Lipinski definition) is 1. The van der Waals surface area contributed by atoms with Gasteiger partial charge >= 0.3 is 0 Å².